The summed E-state index contributed by atoms with van der Waals surface area (Å²) in [7, 11) is 0. The van der Waals surface area contributed by atoms with Gasteiger partial charge in [-0.2, -0.15) is 0 Å². The molecule has 0 fully saturated rings. The van der Waals surface area contributed by atoms with Gasteiger partial charge in [0.2, 0.25) is 0 Å². The lowest BCUT2D eigenvalue weighted by atomic mass is 9.92. The van der Waals surface area contributed by atoms with Crippen LogP contribution in [0.2, 0.25) is 0 Å². The zero-order chi connectivity index (χ0) is 42.4. The van der Waals surface area contributed by atoms with Gasteiger partial charge in [-0.05, 0) is 109 Å². The molecule has 11 aromatic carbocycles. The molecule has 300 valence electrons. The Labute approximate surface area is 373 Å². The van der Waals surface area contributed by atoms with Crippen LogP contribution >= 0.6 is 0 Å². The highest BCUT2D eigenvalue weighted by Crippen LogP contribution is 2.46. The monoisotopic (exact) mass is 814 g/mol. The van der Waals surface area contributed by atoms with Crippen LogP contribution in [0.3, 0.4) is 0 Å². The van der Waals surface area contributed by atoms with Crippen molar-refractivity contribution in [3.63, 3.8) is 0 Å². The third-order valence-electron chi connectivity index (χ3n) is 12.8. The fourth-order valence-electron chi connectivity index (χ4n) is 9.74. The summed E-state index contributed by atoms with van der Waals surface area (Å²) in [5, 5.41) is 7.38. The first-order valence-electron chi connectivity index (χ1n) is 22.0. The molecule has 0 saturated carbocycles. The summed E-state index contributed by atoms with van der Waals surface area (Å²) in [5.74, 6) is 0. The number of rotatable bonds is 8. The molecule has 0 aliphatic rings. The smallest absolute Gasteiger partial charge is 0.0546 e. The maximum Gasteiger partial charge on any atom is 0.0546 e. The Hall–Kier alpha value is -8.46. The van der Waals surface area contributed by atoms with E-state index in [-0.39, 0.29) is 0 Å². The minimum Gasteiger partial charge on any atom is -0.310 e. The number of benzene rings is 11. The molecular weight excluding hydrogens is 773 g/mol. The van der Waals surface area contributed by atoms with Crippen molar-refractivity contribution in [2.45, 2.75) is 0 Å². The van der Waals surface area contributed by atoms with Gasteiger partial charge >= 0.3 is 0 Å². The average Bonchev–Trinajstić information content (AvgIpc) is 3.71. The maximum absolute atomic E-state index is 2.46. The molecule has 12 rings (SSSR count). The second kappa shape index (κ2) is 15.8. The fourth-order valence-corrected chi connectivity index (χ4v) is 9.74. The Bertz CT molecular complexity index is 3590. The molecule has 0 N–H and O–H groups in total. The minimum absolute atomic E-state index is 1.07. The number of para-hydroxylation sites is 2. The molecule has 0 radical (unpaired) electrons. The first-order chi connectivity index (χ1) is 31.7. The lowest BCUT2D eigenvalue weighted by Crippen LogP contribution is -2.12. The molecule has 64 heavy (non-hydrogen) atoms. The summed E-state index contributed by atoms with van der Waals surface area (Å²) in [6, 6.07) is 92.9. The standard InChI is InChI=1S/C62H42N2/c1-2-15-43(16-3-1)44-31-33-45(34-32-44)46-35-38-50(39-36-46)63(51-21-14-22-52(42-51)64-60-29-10-8-25-57(60)58-26-9-11-30-61(58)64)62-41-49(55-27-12-19-47-17-4-6-23-53(47)55)37-40-59(62)56-28-13-20-48-18-5-7-24-54(48)56/h1-42H. The number of hydrogen-bond acceptors (Lipinski definition) is 1. The summed E-state index contributed by atoms with van der Waals surface area (Å²) in [5.41, 5.74) is 16.2. The van der Waals surface area contributed by atoms with E-state index in [4.69, 9.17) is 0 Å². The van der Waals surface area contributed by atoms with Crippen LogP contribution in [0.4, 0.5) is 17.1 Å². The Morgan fingerprint density at radius 2 is 0.734 bits per heavy atom. The van der Waals surface area contributed by atoms with Crippen LogP contribution in [0.15, 0.2) is 255 Å². The highest BCUT2D eigenvalue weighted by Gasteiger charge is 2.22. The van der Waals surface area contributed by atoms with Gasteiger partial charge in [-0.25, -0.2) is 0 Å². The molecule has 0 amide bonds. The van der Waals surface area contributed by atoms with Crippen molar-refractivity contribution >= 4 is 60.4 Å². The van der Waals surface area contributed by atoms with Crippen LogP contribution in [0.1, 0.15) is 0 Å². The zero-order valence-electron chi connectivity index (χ0n) is 35.1. The predicted octanol–water partition coefficient (Wildman–Crippen LogP) is 17.2. The summed E-state index contributed by atoms with van der Waals surface area (Å²) in [6.07, 6.45) is 0. The van der Waals surface area contributed by atoms with Crippen molar-refractivity contribution in [1.29, 1.82) is 0 Å². The van der Waals surface area contributed by atoms with E-state index in [9.17, 15) is 0 Å². The van der Waals surface area contributed by atoms with Crippen molar-refractivity contribution in [2.75, 3.05) is 4.90 Å². The molecule has 0 atom stereocenters. The topological polar surface area (TPSA) is 8.17 Å². The van der Waals surface area contributed by atoms with Crippen molar-refractivity contribution in [3.05, 3.63) is 255 Å². The maximum atomic E-state index is 2.46. The van der Waals surface area contributed by atoms with E-state index in [1.807, 2.05) is 0 Å². The first kappa shape index (κ1) is 37.3. The highest BCUT2D eigenvalue weighted by molar-refractivity contribution is 6.09. The molecule has 0 saturated heterocycles. The van der Waals surface area contributed by atoms with Gasteiger partial charge in [-0.1, -0.05) is 206 Å². The van der Waals surface area contributed by atoms with Gasteiger partial charge in [0.05, 0.1) is 16.7 Å². The van der Waals surface area contributed by atoms with Crippen LogP contribution in [-0.2, 0) is 0 Å². The van der Waals surface area contributed by atoms with Gasteiger partial charge in [-0.3, -0.25) is 0 Å². The van der Waals surface area contributed by atoms with E-state index in [2.05, 4.69) is 264 Å². The van der Waals surface area contributed by atoms with Gasteiger partial charge in [0.25, 0.3) is 0 Å². The molecule has 0 spiro atoms. The Kier molecular flexibility index (Phi) is 9.20. The van der Waals surface area contributed by atoms with Gasteiger partial charge in [0.1, 0.15) is 0 Å². The van der Waals surface area contributed by atoms with Crippen LogP contribution < -0.4 is 4.90 Å². The fraction of sp³-hybridized carbons (Fsp3) is 0. The minimum atomic E-state index is 1.07. The molecule has 1 aromatic heterocycles. The molecule has 12 aromatic rings. The van der Waals surface area contributed by atoms with E-state index in [0.29, 0.717) is 0 Å². The van der Waals surface area contributed by atoms with Crippen LogP contribution in [-0.4, -0.2) is 4.57 Å². The normalized spacial score (nSPS) is 11.4. The summed E-state index contributed by atoms with van der Waals surface area (Å²) in [4.78, 5) is 2.46. The molecule has 0 bridgehead atoms. The second-order valence-electron chi connectivity index (χ2n) is 16.5. The second-order valence-corrected chi connectivity index (χ2v) is 16.5. The number of hydrogen-bond donors (Lipinski definition) is 0. The average molecular weight is 815 g/mol. The first-order valence-corrected chi connectivity index (χ1v) is 22.0. The quantitative estimate of drug-likeness (QED) is 0.148. The third kappa shape index (κ3) is 6.52. The summed E-state index contributed by atoms with van der Waals surface area (Å²) in [6.45, 7) is 0. The third-order valence-corrected chi connectivity index (χ3v) is 12.8. The molecule has 1 heterocycles. The van der Waals surface area contributed by atoms with E-state index < -0.39 is 0 Å². The SMILES string of the molecule is c1ccc(-c2ccc(-c3ccc(N(c4cccc(-n5c6ccccc6c6ccccc65)c4)c4cc(-c5cccc6ccccc56)ccc4-c4cccc5ccccc45)cc3)cc2)cc1. The van der Waals surface area contributed by atoms with Crippen LogP contribution in [0.25, 0.3) is 93.5 Å². The van der Waals surface area contributed by atoms with Gasteiger partial charge in [0, 0.05) is 33.4 Å². The lowest BCUT2D eigenvalue weighted by Gasteiger charge is -2.29. The predicted molar refractivity (Wildman–Crippen MR) is 272 cm³/mol. The lowest BCUT2D eigenvalue weighted by molar-refractivity contribution is 1.17. The molecule has 0 aliphatic carbocycles. The van der Waals surface area contributed by atoms with Crippen molar-refractivity contribution in [2.24, 2.45) is 0 Å². The van der Waals surface area contributed by atoms with E-state index >= 15 is 0 Å². The van der Waals surface area contributed by atoms with Gasteiger partial charge in [0.15, 0.2) is 0 Å². The highest BCUT2D eigenvalue weighted by atomic mass is 15.1. The molecule has 2 heteroatoms. The van der Waals surface area contributed by atoms with Crippen LogP contribution in [0, 0.1) is 0 Å². The van der Waals surface area contributed by atoms with Gasteiger partial charge in [-0.15, -0.1) is 0 Å². The zero-order valence-corrected chi connectivity index (χ0v) is 35.1. The summed E-state index contributed by atoms with van der Waals surface area (Å²) >= 11 is 0. The molecular formula is C62H42N2. The van der Waals surface area contributed by atoms with E-state index in [1.165, 1.54) is 76.7 Å². The van der Waals surface area contributed by atoms with E-state index in [0.717, 1.165) is 33.9 Å². The van der Waals surface area contributed by atoms with Crippen molar-refractivity contribution in [1.82, 2.24) is 4.57 Å². The molecule has 0 unspecified atom stereocenters. The number of anilines is 3. The van der Waals surface area contributed by atoms with Crippen LogP contribution in [0.5, 0.6) is 0 Å². The van der Waals surface area contributed by atoms with Gasteiger partial charge < -0.3 is 9.47 Å². The summed E-state index contributed by atoms with van der Waals surface area (Å²) < 4.78 is 2.41. The molecule has 0 aliphatic heterocycles. The number of nitrogens with zero attached hydrogens (tertiary/aromatic N) is 2. The van der Waals surface area contributed by atoms with E-state index in [1.54, 1.807) is 0 Å². The Balaban J connectivity index is 1.09. The Morgan fingerprint density at radius 3 is 1.38 bits per heavy atom. The van der Waals surface area contributed by atoms with Crippen molar-refractivity contribution < 1.29 is 0 Å². The number of fused-ring (bicyclic) bond motifs is 5. The largest absolute Gasteiger partial charge is 0.310 e. The Morgan fingerprint density at radius 1 is 0.266 bits per heavy atom. The molecule has 2 nitrogen and oxygen atoms in total. The van der Waals surface area contributed by atoms with Crippen molar-refractivity contribution in [3.8, 4) is 50.2 Å². The number of aromatic nitrogens is 1.